The first-order chi connectivity index (χ1) is 10.5. The van der Waals surface area contributed by atoms with Crippen LogP contribution in [0, 0.1) is 0 Å². The minimum atomic E-state index is -3.44. The number of fused-ring (bicyclic) bond motifs is 2. The Labute approximate surface area is 127 Å². The maximum atomic E-state index is 11.7. The van der Waals surface area contributed by atoms with Crippen LogP contribution in [0.5, 0.6) is 0 Å². The molecule has 1 aromatic carbocycles. The van der Waals surface area contributed by atoms with Crippen LogP contribution in [0.25, 0.3) is 11.0 Å². The minimum Gasteiger partial charge on any atom is -0.240 e. The highest BCUT2D eigenvalue weighted by atomic mass is 32.2. The van der Waals surface area contributed by atoms with Gasteiger partial charge in [0.25, 0.3) is 0 Å². The molecule has 0 N–H and O–H groups in total. The highest BCUT2D eigenvalue weighted by Crippen LogP contribution is 2.35. The van der Waals surface area contributed by atoms with Crippen LogP contribution < -0.4 is 0 Å². The van der Waals surface area contributed by atoms with Crippen molar-refractivity contribution in [1.29, 1.82) is 0 Å². The van der Waals surface area contributed by atoms with Crippen molar-refractivity contribution in [3.05, 3.63) is 47.8 Å². The lowest BCUT2D eigenvalue weighted by Crippen LogP contribution is -2.11. The van der Waals surface area contributed by atoms with E-state index < -0.39 is 9.84 Å². The van der Waals surface area contributed by atoms with Gasteiger partial charge in [0.15, 0.2) is 5.65 Å². The normalized spacial score (nSPS) is 17.8. The molecule has 0 unspecified atom stereocenters. The van der Waals surface area contributed by atoms with Gasteiger partial charge in [0, 0.05) is 12.5 Å². The van der Waals surface area contributed by atoms with Gasteiger partial charge in [-0.1, -0.05) is 24.3 Å². The van der Waals surface area contributed by atoms with Gasteiger partial charge in [-0.2, -0.15) is 10.1 Å². The Bertz CT molecular complexity index is 978. The monoisotopic (exact) mass is 314 g/mol. The molecule has 0 amide bonds. The van der Waals surface area contributed by atoms with Crippen LogP contribution in [0.3, 0.4) is 0 Å². The molecule has 112 valence electrons. The summed E-state index contributed by atoms with van der Waals surface area (Å²) in [5, 5.41) is 5.01. The SMILES string of the molecule is CS(=O)(=O)c1ncc2cnn([C@H]3CCc4ccccc43)c2n1. The number of aryl methyl sites for hydroxylation is 1. The Morgan fingerprint density at radius 2 is 2.05 bits per heavy atom. The number of nitrogens with zero attached hydrogens (tertiary/aromatic N) is 4. The lowest BCUT2D eigenvalue weighted by atomic mass is 10.1. The van der Waals surface area contributed by atoms with Crippen LogP contribution in [0.4, 0.5) is 0 Å². The molecule has 0 aliphatic heterocycles. The van der Waals surface area contributed by atoms with E-state index in [1.165, 1.54) is 17.3 Å². The molecular formula is C15H14N4O2S. The van der Waals surface area contributed by atoms with E-state index in [0.717, 1.165) is 24.5 Å². The summed E-state index contributed by atoms with van der Waals surface area (Å²) in [5.74, 6) is 0. The smallest absolute Gasteiger partial charge is 0.240 e. The summed E-state index contributed by atoms with van der Waals surface area (Å²) in [7, 11) is -3.44. The molecule has 1 aliphatic carbocycles. The third-order valence-electron chi connectivity index (χ3n) is 4.04. The average Bonchev–Trinajstić information content (AvgIpc) is 3.08. The predicted octanol–water partition coefficient (Wildman–Crippen LogP) is 1.77. The number of aromatic nitrogens is 4. The topological polar surface area (TPSA) is 77.7 Å². The Hall–Kier alpha value is -2.28. The second-order valence-electron chi connectivity index (χ2n) is 5.55. The van der Waals surface area contributed by atoms with Crippen molar-refractivity contribution in [1.82, 2.24) is 19.7 Å². The van der Waals surface area contributed by atoms with Gasteiger partial charge in [-0.05, 0) is 24.0 Å². The van der Waals surface area contributed by atoms with Crippen molar-refractivity contribution in [2.45, 2.75) is 24.0 Å². The summed E-state index contributed by atoms with van der Waals surface area (Å²) >= 11 is 0. The largest absolute Gasteiger partial charge is 0.248 e. The highest BCUT2D eigenvalue weighted by Gasteiger charge is 2.26. The molecule has 6 nitrogen and oxygen atoms in total. The minimum absolute atomic E-state index is 0.0935. The maximum absolute atomic E-state index is 11.7. The first-order valence-electron chi connectivity index (χ1n) is 7.02. The van der Waals surface area contributed by atoms with Crippen LogP contribution in [0.2, 0.25) is 0 Å². The van der Waals surface area contributed by atoms with E-state index in [4.69, 9.17) is 0 Å². The third-order valence-corrected chi connectivity index (χ3v) is 4.90. The summed E-state index contributed by atoms with van der Waals surface area (Å²) in [6, 6.07) is 8.36. The van der Waals surface area contributed by atoms with Crippen LogP contribution in [0.1, 0.15) is 23.6 Å². The van der Waals surface area contributed by atoms with E-state index in [1.807, 2.05) is 16.8 Å². The van der Waals surface area contributed by atoms with Gasteiger partial charge in [-0.3, -0.25) is 0 Å². The molecule has 4 rings (SSSR count). The van der Waals surface area contributed by atoms with Crippen molar-refractivity contribution in [2.75, 3.05) is 6.26 Å². The summed E-state index contributed by atoms with van der Waals surface area (Å²) in [6.07, 6.45) is 6.24. The van der Waals surface area contributed by atoms with E-state index >= 15 is 0 Å². The predicted molar refractivity (Wildman–Crippen MR) is 81.3 cm³/mol. The number of rotatable bonds is 2. The van der Waals surface area contributed by atoms with Gasteiger partial charge in [0.05, 0.1) is 17.6 Å². The second kappa shape index (κ2) is 4.61. The molecule has 0 spiro atoms. The van der Waals surface area contributed by atoms with E-state index in [0.29, 0.717) is 5.65 Å². The second-order valence-corrected chi connectivity index (χ2v) is 7.46. The lowest BCUT2D eigenvalue weighted by molar-refractivity contribution is 0.530. The van der Waals surface area contributed by atoms with Gasteiger partial charge in [0.2, 0.25) is 15.0 Å². The van der Waals surface area contributed by atoms with Gasteiger partial charge >= 0.3 is 0 Å². The quantitative estimate of drug-likeness (QED) is 0.674. The molecule has 0 radical (unpaired) electrons. The van der Waals surface area contributed by atoms with Crippen LogP contribution in [0.15, 0.2) is 41.8 Å². The van der Waals surface area contributed by atoms with E-state index in [-0.39, 0.29) is 11.2 Å². The fourth-order valence-electron chi connectivity index (χ4n) is 3.02. The molecule has 0 bridgehead atoms. The Kier molecular flexibility index (Phi) is 2.80. The standard InChI is InChI=1S/C15H14N4O2S/c1-22(20,21)15-16-8-11-9-17-19(14(11)18-15)13-7-6-10-4-2-3-5-12(10)13/h2-5,8-9,13H,6-7H2,1H3/t13-/m0/s1. The molecule has 0 saturated carbocycles. The van der Waals surface area contributed by atoms with Crippen molar-refractivity contribution in [3.63, 3.8) is 0 Å². The first kappa shape index (κ1) is 13.4. The summed E-state index contributed by atoms with van der Waals surface area (Å²) in [6.45, 7) is 0. The van der Waals surface area contributed by atoms with Crippen LogP contribution in [-0.4, -0.2) is 34.4 Å². The molecule has 1 aliphatic rings. The zero-order valence-corrected chi connectivity index (χ0v) is 12.8. The molecule has 22 heavy (non-hydrogen) atoms. The van der Waals surface area contributed by atoms with Crippen molar-refractivity contribution in [2.24, 2.45) is 0 Å². The van der Waals surface area contributed by atoms with Gasteiger partial charge in [-0.25, -0.2) is 18.1 Å². The van der Waals surface area contributed by atoms with Gasteiger partial charge in [-0.15, -0.1) is 0 Å². The summed E-state index contributed by atoms with van der Waals surface area (Å²) in [5.41, 5.74) is 3.11. The fraction of sp³-hybridized carbons (Fsp3) is 0.267. The molecule has 1 atom stereocenters. The highest BCUT2D eigenvalue weighted by molar-refractivity contribution is 7.90. The summed E-state index contributed by atoms with van der Waals surface area (Å²) < 4.78 is 25.2. The molecule has 0 fully saturated rings. The van der Waals surface area contributed by atoms with Gasteiger partial charge < -0.3 is 0 Å². The first-order valence-corrected chi connectivity index (χ1v) is 8.91. The zero-order valence-electron chi connectivity index (χ0n) is 12.0. The van der Waals surface area contributed by atoms with E-state index in [2.05, 4.69) is 27.2 Å². The van der Waals surface area contributed by atoms with Crippen molar-refractivity contribution in [3.8, 4) is 0 Å². The number of benzene rings is 1. The van der Waals surface area contributed by atoms with Gasteiger partial charge in [0.1, 0.15) is 0 Å². The number of sulfone groups is 1. The van der Waals surface area contributed by atoms with Crippen LogP contribution >= 0.6 is 0 Å². The zero-order chi connectivity index (χ0) is 15.3. The van der Waals surface area contributed by atoms with E-state index in [9.17, 15) is 8.42 Å². The fourth-order valence-corrected chi connectivity index (χ4v) is 3.51. The molecule has 0 saturated heterocycles. The molecule has 7 heteroatoms. The Morgan fingerprint density at radius 3 is 2.86 bits per heavy atom. The lowest BCUT2D eigenvalue weighted by Gasteiger charge is -2.13. The van der Waals surface area contributed by atoms with Crippen molar-refractivity contribution < 1.29 is 8.42 Å². The molecular weight excluding hydrogens is 300 g/mol. The number of hydrogen-bond acceptors (Lipinski definition) is 5. The average molecular weight is 314 g/mol. The Balaban J connectivity index is 1.90. The number of hydrogen-bond donors (Lipinski definition) is 0. The third kappa shape index (κ3) is 2.00. The molecule has 3 aromatic rings. The molecule has 2 aromatic heterocycles. The Morgan fingerprint density at radius 1 is 1.23 bits per heavy atom. The van der Waals surface area contributed by atoms with Crippen molar-refractivity contribution >= 4 is 20.9 Å². The maximum Gasteiger partial charge on any atom is 0.248 e. The summed E-state index contributed by atoms with van der Waals surface area (Å²) in [4.78, 5) is 8.14. The van der Waals surface area contributed by atoms with E-state index in [1.54, 1.807) is 6.20 Å². The van der Waals surface area contributed by atoms with Crippen LogP contribution in [-0.2, 0) is 16.3 Å². The molecule has 2 heterocycles.